The standard InChI is InChI=1S/C26H20ClIN2O3S/c1-2-16-5-10-20(11-6-16)30-25(32)21(24(31)29-26(30)34)13-18-7-12-23(22(28)14-18)33-15-17-3-8-19(27)9-4-17/h3-14H,2,15H2,1H3,(H,29,31,34)/b21-13+. The molecule has 0 atom stereocenters. The van der Waals surface area contributed by atoms with Gasteiger partial charge in [-0.3, -0.25) is 19.8 Å². The van der Waals surface area contributed by atoms with Crippen LogP contribution in [-0.2, 0) is 22.6 Å². The number of nitrogens with one attached hydrogen (secondary N) is 1. The Labute approximate surface area is 221 Å². The summed E-state index contributed by atoms with van der Waals surface area (Å²) in [7, 11) is 0. The quantitative estimate of drug-likeness (QED) is 0.165. The van der Waals surface area contributed by atoms with Gasteiger partial charge in [0.2, 0.25) is 0 Å². The lowest BCUT2D eigenvalue weighted by atomic mass is 10.1. The SMILES string of the molecule is CCc1ccc(N2C(=O)/C(=C/c3ccc(OCc4ccc(Cl)cc4)c(I)c3)C(=O)NC2=S)cc1. The summed E-state index contributed by atoms with van der Waals surface area (Å²) >= 11 is 13.4. The van der Waals surface area contributed by atoms with E-state index in [0.717, 1.165) is 21.1 Å². The molecule has 1 aliphatic rings. The van der Waals surface area contributed by atoms with Gasteiger partial charge >= 0.3 is 0 Å². The second-order valence-corrected chi connectivity index (χ2v) is 9.57. The summed E-state index contributed by atoms with van der Waals surface area (Å²) in [6.07, 6.45) is 2.45. The third-order valence-electron chi connectivity index (χ3n) is 5.28. The largest absolute Gasteiger partial charge is 0.488 e. The number of anilines is 1. The zero-order valence-electron chi connectivity index (χ0n) is 18.2. The van der Waals surface area contributed by atoms with E-state index < -0.39 is 11.8 Å². The maximum Gasteiger partial charge on any atom is 0.270 e. The first-order valence-electron chi connectivity index (χ1n) is 10.5. The fourth-order valence-electron chi connectivity index (χ4n) is 3.40. The third kappa shape index (κ3) is 5.48. The molecule has 3 aromatic carbocycles. The van der Waals surface area contributed by atoms with Gasteiger partial charge in [-0.25, -0.2) is 0 Å². The Morgan fingerprint density at radius 2 is 1.71 bits per heavy atom. The lowest BCUT2D eigenvalue weighted by Gasteiger charge is -2.29. The molecule has 1 N–H and O–H groups in total. The van der Waals surface area contributed by atoms with Crippen molar-refractivity contribution in [2.24, 2.45) is 0 Å². The number of hydrogen-bond acceptors (Lipinski definition) is 4. The van der Waals surface area contributed by atoms with Gasteiger partial charge in [0.05, 0.1) is 9.26 Å². The van der Waals surface area contributed by atoms with E-state index in [1.807, 2.05) is 60.7 Å². The molecule has 1 heterocycles. The highest BCUT2D eigenvalue weighted by atomic mass is 127. The minimum atomic E-state index is -0.519. The Morgan fingerprint density at radius 1 is 1.03 bits per heavy atom. The Morgan fingerprint density at radius 3 is 2.35 bits per heavy atom. The van der Waals surface area contributed by atoms with Crippen molar-refractivity contribution in [3.8, 4) is 5.75 Å². The van der Waals surface area contributed by atoms with Crippen LogP contribution in [0.5, 0.6) is 5.75 Å². The average molecular weight is 603 g/mol. The molecule has 0 aromatic heterocycles. The summed E-state index contributed by atoms with van der Waals surface area (Å²) in [6.45, 7) is 2.46. The number of thiocarbonyl (C=S) groups is 1. The molecule has 1 fully saturated rings. The van der Waals surface area contributed by atoms with Crippen molar-refractivity contribution in [2.45, 2.75) is 20.0 Å². The van der Waals surface area contributed by atoms with Crippen LogP contribution in [-0.4, -0.2) is 16.9 Å². The predicted octanol–water partition coefficient (Wildman–Crippen LogP) is 5.92. The molecule has 0 unspecified atom stereocenters. The van der Waals surface area contributed by atoms with Gasteiger partial charge in [-0.2, -0.15) is 0 Å². The van der Waals surface area contributed by atoms with Crippen molar-refractivity contribution in [1.29, 1.82) is 0 Å². The van der Waals surface area contributed by atoms with Crippen LogP contribution in [0.2, 0.25) is 5.02 Å². The van der Waals surface area contributed by atoms with Crippen molar-refractivity contribution < 1.29 is 14.3 Å². The summed E-state index contributed by atoms with van der Waals surface area (Å²) in [5, 5.41) is 3.36. The Kier molecular flexibility index (Phi) is 7.65. The summed E-state index contributed by atoms with van der Waals surface area (Å²) in [5.41, 5.74) is 3.47. The summed E-state index contributed by atoms with van der Waals surface area (Å²) in [5.74, 6) is -0.276. The normalized spacial score (nSPS) is 15.0. The van der Waals surface area contributed by atoms with Gasteiger partial charge in [0.25, 0.3) is 11.8 Å². The molecule has 0 aliphatic carbocycles. The predicted molar refractivity (Wildman–Crippen MR) is 147 cm³/mol. The first kappa shape index (κ1) is 24.4. The molecule has 3 aromatic rings. The monoisotopic (exact) mass is 602 g/mol. The minimum Gasteiger partial charge on any atom is -0.488 e. The van der Waals surface area contributed by atoms with Crippen molar-refractivity contribution in [3.05, 3.63) is 97.6 Å². The van der Waals surface area contributed by atoms with Gasteiger partial charge < -0.3 is 4.74 Å². The van der Waals surface area contributed by atoms with E-state index in [-0.39, 0.29) is 10.7 Å². The Bertz CT molecular complexity index is 1290. The first-order valence-corrected chi connectivity index (χ1v) is 12.4. The van der Waals surface area contributed by atoms with Gasteiger partial charge in [0.15, 0.2) is 5.11 Å². The first-order chi connectivity index (χ1) is 16.4. The van der Waals surface area contributed by atoms with Crippen LogP contribution >= 0.6 is 46.4 Å². The molecule has 0 bridgehead atoms. The maximum atomic E-state index is 13.2. The Hall–Kier alpha value is -2.75. The number of carbonyl (C=O) groups is 2. The van der Waals surface area contributed by atoms with Crippen molar-refractivity contribution in [3.63, 3.8) is 0 Å². The number of carbonyl (C=O) groups excluding carboxylic acids is 2. The van der Waals surface area contributed by atoms with E-state index in [9.17, 15) is 9.59 Å². The van der Waals surface area contributed by atoms with Crippen LogP contribution in [0.4, 0.5) is 5.69 Å². The summed E-state index contributed by atoms with van der Waals surface area (Å²) < 4.78 is 6.77. The molecule has 5 nitrogen and oxygen atoms in total. The zero-order valence-corrected chi connectivity index (χ0v) is 21.9. The van der Waals surface area contributed by atoms with Crippen molar-refractivity contribution in [2.75, 3.05) is 4.90 Å². The topological polar surface area (TPSA) is 58.6 Å². The van der Waals surface area contributed by atoms with Crippen LogP contribution in [0.1, 0.15) is 23.6 Å². The second kappa shape index (κ2) is 10.7. The van der Waals surface area contributed by atoms with E-state index in [4.69, 9.17) is 28.6 Å². The number of rotatable bonds is 6. The third-order valence-corrected chi connectivity index (χ3v) is 6.66. The minimum absolute atomic E-state index is 0.0128. The van der Waals surface area contributed by atoms with Gasteiger partial charge in [0.1, 0.15) is 17.9 Å². The van der Waals surface area contributed by atoms with Gasteiger partial charge in [0, 0.05) is 5.02 Å². The number of hydrogen-bond donors (Lipinski definition) is 1. The number of halogens is 2. The number of nitrogens with zero attached hydrogens (tertiary/aromatic N) is 1. The lowest BCUT2D eigenvalue weighted by molar-refractivity contribution is -0.122. The summed E-state index contributed by atoms with van der Waals surface area (Å²) in [6, 6.07) is 20.5. The van der Waals surface area contributed by atoms with Crippen molar-refractivity contribution in [1.82, 2.24) is 5.32 Å². The van der Waals surface area contributed by atoms with Gasteiger partial charge in [-0.15, -0.1) is 0 Å². The number of benzene rings is 3. The van der Waals surface area contributed by atoms with E-state index >= 15 is 0 Å². The molecule has 4 rings (SSSR count). The molecular weight excluding hydrogens is 583 g/mol. The zero-order chi connectivity index (χ0) is 24.2. The van der Waals surface area contributed by atoms with E-state index in [1.54, 1.807) is 12.1 Å². The molecule has 8 heteroatoms. The van der Waals surface area contributed by atoms with Crippen LogP contribution in [0.25, 0.3) is 6.08 Å². The highest BCUT2D eigenvalue weighted by Crippen LogP contribution is 2.27. The fourth-order valence-corrected chi connectivity index (χ4v) is 4.51. The highest BCUT2D eigenvalue weighted by Gasteiger charge is 2.34. The van der Waals surface area contributed by atoms with Crippen LogP contribution in [0, 0.1) is 3.57 Å². The Balaban J connectivity index is 1.54. The maximum absolute atomic E-state index is 13.2. The molecule has 1 saturated heterocycles. The molecule has 34 heavy (non-hydrogen) atoms. The molecule has 172 valence electrons. The molecule has 0 spiro atoms. The van der Waals surface area contributed by atoms with Gasteiger partial charge in [-0.1, -0.05) is 48.9 Å². The molecule has 0 saturated carbocycles. The van der Waals surface area contributed by atoms with Crippen LogP contribution in [0.15, 0.2) is 72.3 Å². The van der Waals surface area contributed by atoms with Gasteiger partial charge in [-0.05, 0) is 100 Å². The lowest BCUT2D eigenvalue weighted by Crippen LogP contribution is -2.54. The molecular formula is C26H20ClIN2O3S. The fraction of sp³-hybridized carbons (Fsp3) is 0.115. The molecule has 0 radical (unpaired) electrons. The van der Waals surface area contributed by atoms with E-state index in [1.165, 1.54) is 4.90 Å². The molecule has 1 aliphatic heterocycles. The summed E-state index contributed by atoms with van der Waals surface area (Å²) in [4.78, 5) is 27.1. The second-order valence-electron chi connectivity index (χ2n) is 7.58. The van der Waals surface area contributed by atoms with Crippen LogP contribution in [0.3, 0.4) is 0 Å². The van der Waals surface area contributed by atoms with Crippen molar-refractivity contribution >= 4 is 75.1 Å². The van der Waals surface area contributed by atoms with Crippen LogP contribution < -0.4 is 15.0 Å². The number of ether oxygens (including phenoxy) is 1. The number of aryl methyl sites for hydroxylation is 1. The average Bonchev–Trinajstić information content (AvgIpc) is 2.82. The smallest absolute Gasteiger partial charge is 0.270 e. The molecule has 2 amide bonds. The van der Waals surface area contributed by atoms with E-state index in [0.29, 0.717) is 28.6 Å². The highest BCUT2D eigenvalue weighted by molar-refractivity contribution is 14.1. The number of amides is 2. The van der Waals surface area contributed by atoms with E-state index in [2.05, 4.69) is 34.8 Å².